The first-order chi connectivity index (χ1) is 10.2. The first-order valence-corrected chi connectivity index (χ1v) is 7.29. The van der Waals surface area contributed by atoms with Crippen molar-refractivity contribution in [3.05, 3.63) is 53.1 Å². The number of hydrogen-bond donors (Lipinski definition) is 1. The topological polar surface area (TPSA) is 50.2 Å². The van der Waals surface area contributed by atoms with E-state index in [1.165, 1.54) is 0 Å². The summed E-state index contributed by atoms with van der Waals surface area (Å²) in [6.45, 7) is 2.17. The van der Waals surface area contributed by atoms with Crippen molar-refractivity contribution in [3.63, 3.8) is 0 Å². The quantitative estimate of drug-likeness (QED) is 0.921. The van der Waals surface area contributed by atoms with Crippen LogP contribution in [0, 0.1) is 0 Å². The van der Waals surface area contributed by atoms with Gasteiger partial charge in [0.15, 0.2) is 0 Å². The Morgan fingerprint density at radius 1 is 1.38 bits per heavy atom. The molecule has 1 atom stereocenters. The van der Waals surface area contributed by atoms with Gasteiger partial charge in [-0.05, 0) is 24.3 Å². The summed E-state index contributed by atoms with van der Waals surface area (Å²) in [5, 5.41) is 3.96. The van der Waals surface area contributed by atoms with Gasteiger partial charge in [-0.15, -0.1) is 0 Å². The largest absolute Gasteiger partial charge is 0.336 e. The highest BCUT2D eigenvalue weighted by atomic mass is 35.5. The molecule has 0 bridgehead atoms. The summed E-state index contributed by atoms with van der Waals surface area (Å²) in [5.41, 5.74) is 0.653. The summed E-state index contributed by atoms with van der Waals surface area (Å²) in [6, 6.07) is 6.96. The lowest BCUT2D eigenvalue weighted by molar-refractivity contribution is 0.0621. The van der Waals surface area contributed by atoms with Crippen molar-refractivity contribution in [1.29, 1.82) is 0 Å². The van der Waals surface area contributed by atoms with E-state index in [4.69, 9.17) is 11.6 Å². The van der Waals surface area contributed by atoms with Crippen LogP contribution >= 0.6 is 11.6 Å². The number of piperazine rings is 1. The standard InChI is InChI=1S/C15H17ClN4O/c1-19-8-7-18-14(19)13-10-17-6-9-20(13)15(21)11-2-4-12(16)5-3-11/h2-5,7-8,13,17H,6,9-10H2,1H3. The van der Waals surface area contributed by atoms with Crippen molar-refractivity contribution in [2.24, 2.45) is 7.05 Å². The highest BCUT2D eigenvalue weighted by Gasteiger charge is 2.30. The number of hydrogen-bond acceptors (Lipinski definition) is 3. The second kappa shape index (κ2) is 5.87. The van der Waals surface area contributed by atoms with Gasteiger partial charge in [-0.2, -0.15) is 0 Å². The number of aromatic nitrogens is 2. The smallest absolute Gasteiger partial charge is 0.254 e. The fourth-order valence-electron chi connectivity index (χ4n) is 2.63. The van der Waals surface area contributed by atoms with Gasteiger partial charge < -0.3 is 14.8 Å². The molecule has 1 unspecified atom stereocenters. The molecule has 0 saturated carbocycles. The highest BCUT2D eigenvalue weighted by Crippen LogP contribution is 2.23. The number of imidazole rings is 1. The first kappa shape index (κ1) is 14.1. The lowest BCUT2D eigenvalue weighted by atomic mass is 10.1. The normalized spacial score (nSPS) is 18.8. The molecule has 1 aromatic heterocycles. The fourth-order valence-corrected chi connectivity index (χ4v) is 2.76. The van der Waals surface area contributed by atoms with Crippen LogP contribution in [-0.4, -0.2) is 40.0 Å². The van der Waals surface area contributed by atoms with E-state index in [0.717, 1.165) is 12.4 Å². The van der Waals surface area contributed by atoms with E-state index in [0.29, 0.717) is 23.7 Å². The average Bonchev–Trinajstić information content (AvgIpc) is 2.93. The average molecular weight is 305 g/mol. The zero-order valence-electron chi connectivity index (χ0n) is 11.8. The SMILES string of the molecule is Cn1ccnc1C1CNCCN1C(=O)c1ccc(Cl)cc1. The maximum Gasteiger partial charge on any atom is 0.254 e. The van der Waals surface area contributed by atoms with E-state index in [1.807, 2.05) is 22.7 Å². The van der Waals surface area contributed by atoms with Gasteiger partial charge >= 0.3 is 0 Å². The molecule has 1 saturated heterocycles. The zero-order valence-corrected chi connectivity index (χ0v) is 12.5. The molecule has 0 spiro atoms. The Morgan fingerprint density at radius 3 is 2.81 bits per heavy atom. The van der Waals surface area contributed by atoms with Gasteiger partial charge in [0.2, 0.25) is 0 Å². The minimum absolute atomic E-state index is 0.0150. The van der Waals surface area contributed by atoms with Crippen molar-refractivity contribution >= 4 is 17.5 Å². The van der Waals surface area contributed by atoms with Crippen LogP contribution in [0.4, 0.5) is 0 Å². The number of benzene rings is 1. The molecule has 2 heterocycles. The van der Waals surface area contributed by atoms with Crippen LogP contribution in [0.15, 0.2) is 36.7 Å². The molecular formula is C15H17ClN4O. The molecule has 110 valence electrons. The van der Waals surface area contributed by atoms with Crippen LogP contribution in [-0.2, 0) is 7.05 Å². The monoisotopic (exact) mass is 304 g/mol. The molecule has 5 nitrogen and oxygen atoms in total. The maximum atomic E-state index is 12.7. The van der Waals surface area contributed by atoms with Gasteiger partial charge in [-0.3, -0.25) is 4.79 Å². The van der Waals surface area contributed by atoms with Gasteiger partial charge in [0.1, 0.15) is 11.9 Å². The Balaban J connectivity index is 1.89. The third-order valence-electron chi connectivity index (χ3n) is 3.75. The van der Waals surface area contributed by atoms with Crippen molar-refractivity contribution in [2.45, 2.75) is 6.04 Å². The molecule has 1 N–H and O–H groups in total. The Bertz CT molecular complexity index is 637. The predicted octanol–water partition coefficient (Wildman–Crippen LogP) is 1.86. The summed E-state index contributed by atoms with van der Waals surface area (Å²) in [7, 11) is 1.95. The molecule has 21 heavy (non-hydrogen) atoms. The number of carbonyl (C=O) groups is 1. The molecule has 2 aromatic rings. The number of carbonyl (C=O) groups excluding carboxylic acids is 1. The van der Waals surface area contributed by atoms with E-state index in [1.54, 1.807) is 30.5 Å². The summed E-state index contributed by atoms with van der Waals surface area (Å²) in [6.07, 6.45) is 3.66. The molecular weight excluding hydrogens is 288 g/mol. The Hall–Kier alpha value is -1.85. The van der Waals surface area contributed by atoms with Crippen molar-refractivity contribution in [3.8, 4) is 0 Å². The second-order valence-electron chi connectivity index (χ2n) is 5.12. The van der Waals surface area contributed by atoms with E-state index < -0.39 is 0 Å². The fraction of sp³-hybridized carbons (Fsp3) is 0.333. The molecule has 1 aliphatic heterocycles. The second-order valence-corrected chi connectivity index (χ2v) is 5.56. The number of rotatable bonds is 2. The summed E-state index contributed by atoms with van der Waals surface area (Å²) < 4.78 is 1.96. The lowest BCUT2D eigenvalue weighted by Crippen LogP contribution is -2.49. The summed E-state index contributed by atoms with van der Waals surface area (Å²) in [5.74, 6) is 0.908. The first-order valence-electron chi connectivity index (χ1n) is 6.91. The summed E-state index contributed by atoms with van der Waals surface area (Å²) in [4.78, 5) is 19.0. The third kappa shape index (κ3) is 2.80. The van der Waals surface area contributed by atoms with E-state index in [9.17, 15) is 4.79 Å². The highest BCUT2D eigenvalue weighted by molar-refractivity contribution is 6.30. The van der Waals surface area contributed by atoms with Crippen LogP contribution in [0.3, 0.4) is 0 Å². The number of aryl methyl sites for hydroxylation is 1. The van der Waals surface area contributed by atoms with E-state index in [2.05, 4.69) is 10.3 Å². The summed E-state index contributed by atoms with van der Waals surface area (Å²) >= 11 is 5.88. The van der Waals surface area contributed by atoms with Gasteiger partial charge in [0.05, 0.1) is 0 Å². The molecule has 1 fully saturated rings. The van der Waals surface area contributed by atoms with Crippen LogP contribution in [0.25, 0.3) is 0 Å². The van der Waals surface area contributed by atoms with E-state index >= 15 is 0 Å². The predicted molar refractivity (Wildman–Crippen MR) is 81.3 cm³/mol. The molecule has 1 aliphatic rings. The molecule has 0 aliphatic carbocycles. The molecule has 0 radical (unpaired) electrons. The van der Waals surface area contributed by atoms with Gasteiger partial charge in [0, 0.05) is 49.7 Å². The minimum atomic E-state index is -0.0538. The maximum absolute atomic E-state index is 12.7. The van der Waals surface area contributed by atoms with Gasteiger partial charge in [-0.25, -0.2) is 4.98 Å². The Labute approximate surface area is 128 Å². The number of nitrogens with zero attached hydrogens (tertiary/aromatic N) is 3. The van der Waals surface area contributed by atoms with Gasteiger partial charge in [-0.1, -0.05) is 11.6 Å². The third-order valence-corrected chi connectivity index (χ3v) is 4.00. The number of halogens is 1. The minimum Gasteiger partial charge on any atom is -0.336 e. The molecule has 6 heteroatoms. The van der Waals surface area contributed by atoms with Gasteiger partial charge in [0.25, 0.3) is 5.91 Å². The Morgan fingerprint density at radius 2 is 2.14 bits per heavy atom. The van der Waals surface area contributed by atoms with Crippen LogP contribution in [0.2, 0.25) is 5.02 Å². The molecule has 1 aromatic carbocycles. The van der Waals surface area contributed by atoms with E-state index in [-0.39, 0.29) is 11.9 Å². The van der Waals surface area contributed by atoms with Crippen LogP contribution < -0.4 is 5.32 Å². The lowest BCUT2D eigenvalue weighted by Gasteiger charge is -2.35. The van der Waals surface area contributed by atoms with Crippen molar-refractivity contribution < 1.29 is 4.79 Å². The Kier molecular flexibility index (Phi) is 3.94. The molecule has 1 amide bonds. The van der Waals surface area contributed by atoms with Crippen molar-refractivity contribution in [2.75, 3.05) is 19.6 Å². The van der Waals surface area contributed by atoms with Crippen LogP contribution in [0.1, 0.15) is 22.2 Å². The van der Waals surface area contributed by atoms with Crippen LogP contribution in [0.5, 0.6) is 0 Å². The number of amides is 1. The van der Waals surface area contributed by atoms with Crippen molar-refractivity contribution in [1.82, 2.24) is 19.8 Å². The molecule has 3 rings (SSSR count). The number of nitrogens with one attached hydrogen (secondary N) is 1. The zero-order chi connectivity index (χ0) is 14.8.